The smallest absolute Gasteiger partial charge is 0.303 e. The average Bonchev–Trinajstić information content (AvgIpc) is 2.74. The number of amides is 1. The van der Waals surface area contributed by atoms with Crippen molar-refractivity contribution in [1.82, 2.24) is 4.90 Å². The molecule has 0 spiro atoms. The zero-order valence-electron chi connectivity index (χ0n) is 9.76. The molecule has 98 valence electrons. The van der Waals surface area contributed by atoms with Crippen LogP contribution in [0.3, 0.4) is 0 Å². The molecule has 1 saturated heterocycles. The molecular formula is C12H14ClNO4. The standard InChI is InChI=1S/C12H14ClNO4/c13-10-4-3-9(18-10)12(17)14-5-1-2-8(7-14)6-11(15)16/h3-4,8H,1-2,5-7H2,(H,15,16). The molecule has 1 fully saturated rings. The minimum Gasteiger partial charge on any atom is -0.481 e. The first-order valence-corrected chi connectivity index (χ1v) is 6.20. The summed E-state index contributed by atoms with van der Waals surface area (Å²) in [7, 11) is 0. The van der Waals surface area contributed by atoms with Gasteiger partial charge in [-0.05, 0) is 42.5 Å². The quantitative estimate of drug-likeness (QED) is 0.915. The van der Waals surface area contributed by atoms with Crippen molar-refractivity contribution in [2.75, 3.05) is 13.1 Å². The van der Waals surface area contributed by atoms with Crippen LogP contribution in [0.15, 0.2) is 16.5 Å². The molecule has 1 atom stereocenters. The predicted octanol–water partition coefficient (Wildman–Crippen LogP) is 2.26. The molecule has 1 unspecified atom stereocenters. The van der Waals surface area contributed by atoms with Gasteiger partial charge in [0.05, 0.1) is 0 Å². The largest absolute Gasteiger partial charge is 0.481 e. The Hall–Kier alpha value is -1.49. The maximum atomic E-state index is 12.1. The summed E-state index contributed by atoms with van der Waals surface area (Å²) in [6.07, 6.45) is 1.76. The Balaban J connectivity index is 2.00. The molecule has 0 bridgehead atoms. The van der Waals surface area contributed by atoms with Gasteiger partial charge in [0.25, 0.3) is 5.91 Å². The monoisotopic (exact) mass is 271 g/mol. The van der Waals surface area contributed by atoms with Crippen molar-refractivity contribution in [3.63, 3.8) is 0 Å². The van der Waals surface area contributed by atoms with Gasteiger partial charge in [0.2, 0.25) is 0 Å². The number of halogens is 1. The van der Waals surface area contributed by atoms with Gasteiger partial charge in [0.15, 0.2) is 11.0 Å². The third-order valence-electron chi connectivity index (χ3n) is 3.05. The molecule has 6 heteroatoms. The fourth-order valence-corrected chi connectivity index (χ4v) is 2.39. The van der Waals surface area contributed by atoms with E-state index < -0.39 is 5.97 Å². The number of nitrogens with zero attached hydrogens (tertiary/aromatic N) is 1. The van der Waals surface area contributed by atoms with Crippen LogP contribution in [0.4, 0.5) is 0 Å². The van der Waals surface area contributed by atoms with Crippen molar-refractivity contribution in [1.29, 1.82) is 0 Å². The lowest BCUT2D eigenvalue weighted by Crippen LogP contribution is -2.40. The Morgan fingerprint density at radius 1 is 1.50 bits per heavy atom. The van der Waals surface area contributed by atoms with Crippen molar-refractivity contribution in [2.24, 2.45) is 5.92 Å². The molecule has 2 heterocycles. The van der Waals surface area contributed by atoms with Crippen LogP contribution in [0, 0.1) is 5.92 Å². The third-order valence-corrected chi connectivity index (χ3v) is 3.26. The lowest BCUT2D eigenvalue weighted by Gasteiger charge is -2.31. The van der Waals surface area contributed by atoms with Crippen LogP contribution in [0.5, 0.6) is 0 Å². The SMILES string of the molecule is O=C(O)CC1CCCN(C(=O)c2ccc(Cl)o2)C1. The van der Waals surface area contributed by atoms with E-state index in [9.17, 15) is 9.59 Å². The highest BCUT2D eigenvalue weighted by molar-refractivity contribution is 6.29. The molecule has 1 aliphatic rings. The van der Waals surface area contributed by atoms with Gasteiger partial charge >= 0.3 is 5.97 Å². The van der Waals surface area contributed by atoms with Gasteiger partial charge < -0.3 is 14.4 Å². The highest BCUT2D eigenvalue weighted by Gasteiger charge is 2.27. The summed E-state index contributed by atoms with van der Waals surface area (Å²) in [6.45, 7) is 1.09. The number of hydrogen-bond acceptors (Lipinski definition) is 3. The molecular weight excluding hydrogens is 258 g/mol. The summed E-state index contributed by atoms with van der Waals surface area (Å²) >= 11 is 5.63. The van der Waals surface area contributed by atoms with Crippen LogP contribution in [0.25, 0.3) is 0 Å². The van der Waals surface area contributed by atoms with Crippen LogP contribution in [0.2, 0.25) is 5.22 Å². The number of carbonyl (C=O) groups is 2. The average molecular weight is 272 g/mol. The molecule has 0 radical (unpaired) electrons. The van der Waals surface area contributed by atoms with Gasteiger partial charge in [-0.3, -0.25) is 9.59 Å². The lowest BCUT2D eigenvalue weighted by molar-refractivity contribution is -0.138. The van der Waals surface area contributed by atoms with Crippen molar-refractivity contribution in [3.05, 3.63) is 23.1 Å². The van der Waals surface area contributed by atoms with E-state index in [4.69, 9.17) is 21.1 Å². The van der Waals surface area contributed by atoms with Crippen molar-refractivity contribution in [2.45, 2.75) is 19.3 Å². The second kappa shape index (κ2) is 5.44. The first-order chi connectivity index (χ1) is 8.56. The predicted molar refractivity (Wildman–Crippen MR) is 64.6 cm³/mol. The van der Waals surface area contributed by atoms with E-state index in [1.54, 1.807) is 4.90 Å². The van der Waals surface area contributed by atoms with Crippen molar-refractivity contribution >= 4 is 23.5 Å². The van der Waals surface area contributed by atoms with Crippen LogP contribution < -0.4 is 0 Å². The van der Waals surface area contributed by atoms with Crippen molar-refractivity contribution < 1.29 is 19.1 Å². The molecule has 1 N–H and O–H groups in total. The normalized spacial score (nSPS) is 19.8. The molecule has 1 amide bonds. The molecule has 5 nitrogen and oxygen atoms in total. The third kappa shape index (κ3) is 3.04. The van der Waals surface area contributed by atoms with Gasteiger partial charge in [0, 0.05) is 19.5 Å². The number of piperidine rings is 1. The van der Waals surface area contributed by atoms with E-state index in [0.29, 0.717) is 13.1 Å². The topological polar surface area (TPSA) is 70.8 Å². The zero-order chi connectivity index (χ0) is 13.1. The molecule has 0 saturated carbocycles. The van der Waals surface area contributed by atoms with E-state index in [2.05, 4.69) is 0 Å². The van der Waals surface area contributed by atoms with Gasteiger partial charge in [-0.1, -0.05) is 0 Å². The number of carboxylic acids is 1. The van der Waals surface area contributed by atoms with Crippen LogP contribution in [0.1, 0.15) is 29.8 Å². The highest BCUT2D eigenvalue weighted by Crippen LogP contribution is 2.22. The molecule has 1 aromatic rings. The van der Waals surface area contributed by atoms with Gasteiger partial charge in [-0.15, -0.1) is 0 Å². The summed E-state index contributed by atoms with van der Waals surface area (Å²) in [4.78, 5) is 24.4. The Labute approximate surface area is 109 Å². The minimum absolute atomic E-state index is 0.0191. The Morgan fingerprint density at radius 2 is 2.28 bits per heavy atom. The number of likely N-dealkylation sites (tertiary alicyclic amines) is 1. The second-order valence-electron chi connectivity index (χ2n) is 4.46. The Kier molecular flexibility index (Phi) is 3.91. The number of carbonyl (C=O) groups excluding carboxylic acids is 1. The molecule has 1 aliphatic heterocycles. The minimum atomic E-state index is -0.824. The Morgan fingerprint density at radius 3 is 2.89 bits per heavy atom. The maximum Gasteiger partial charge on any atom is 0.303 e. The summed E-state index contributed by atoms with van der Waals surface area (Å²) in [5, 5.41) is 8.95. The maximum absolute atomic E-state index is 12.1. The lowest BCUT2D eigenvalue weighted by atomic mass is 9.95. The van der Waals surface area contributed by atoms with Gasteiger partial charge in [-0.2, -0.15) is 0 Å². The number of aliphatic carboxylic acids is 1. The number of furan rings is 1. The Bertz CT molecular complexity index is 457. The molecule has 1 aromatic heterocycles. The van der Waals surface area contributed by atoms with E-state index in [1.165, 1.54) is 12.1 Å². The molecule has 0 aliphatic carbocycles. The molecule has 0 aromatic carbocycles. The van der Waals surface area contributed by atoms with E-state index in [-0.39, 0.29) is 29.2 Å². The van der Waals surface area contributed by atoms with Gasteiger partial charge in [0.1, 0.15) is 0 Å². The summed E-state index contributed by atoms with van der Waals surface area (Å²) in [5.74, 6) is -0.825. The number of rotatable bonds is 3. The van der Waals surface area contributed by atoms with E-state index >= 15 is 0 Å². The van der Waals surface area contributed by atoms with E-state index in [0.717, 1.165) is 12.8 Å². The first-order valence-electron chi connectivity index (χ1n) is 5.82. The second-order valence-corrected chi connectivity index (χ2v) is 4.83. The van der Waals surface area contributed by atoms with Crippen LogP contribution in [-0.2, 0) is 4.79 Å². The molecule has 2 rings (SSSR count). The summed E-state index contributed by atoms with van der Waals surface area (Å²) in [6, 6.07) is 3.05. The van der Waals surface area contributed by atoms with E-state index in [1.807, 2.05) is 0 Å². The number of carboxylic acid groups (broad SMARTS) is 1. The molecule has 18 heavy (non-hydrogen) atoms. The van der Waals surface area contributed by atoms with Crippen LogP contribution in [-0.4, -0.2) is 35.0 Å². The number of hydrogen-bond donors (Lipinski definition) is 1. The van der Waals surface area contributed by atoms with Crippen LogP contribution >= 0.6 is 11.6 Å². The summed E-state index contributed by atoms with van der Waals surface area (Å²) in [5.41, 5.74) is 0. The first kappa shape index (κ1) is 13.0. The summed E-state index contributed by atoms with van der Waals surface area (Å²) < 4.78 is 5.07. The zero-order valence-corrected chi connectivity index (χ0v) is 10.5. The highest BCUT2D eigenvalue weighted by atomic mass is 35.5. The fourth-order valence-electron chi connectivity index (χ4n) is 2.25. The van der Waals surface area contributed by atoms with Gasteiger partial charge in [-0.25, -0.2) is 0 Å². The fraction of sp³-hybridized carbons (Fsp3) is 0.500. The van der Waals surface area contributed by atoms with Crippen molar-refractivity contribution in [3.8, 4) is 0 Å².